The van der Waals surface area contributed by atoms with E-state index in [4.69, 9.17) is 4.74 Å². The van der Waals surface area contributed by atoms with E-state index in [9.17, 15) is 10.2 Å². The first kappa shape index (κ1) is 8.93. The van der Waals surface area contributed by atoms with Gasteiger partial charge in [-0.05, 0) is 14.0 Å². The van der Waals surface area contributed by atoms with E-state index < -0.39 is 12.2 Å². The Kier molecular flexibility index (Phi) is 2.84. The van der Waals surface area contributed by atoms with Crippen molar-refractivity contribution in [2.24, 2.45) is 0 Å². The summed E-state index contributed by atoms with van der Waals surface area (Å²) in [4.78, 5) is 0. The summed E-state index contributed by atoms with van der Waals surface area (Å²) in [6.45, 7) is 2.20. The van der Waals surface area contributed by atoms with Gasteiger partial charge < -0.3 is 20.3 Å². The van der Waals surface area contributed by atoms with E-state index in [1.165, 1.54) is 0 Å². The monoisotopic (exact) mass is 161 g/mol. The fourth-order valence-electron chi connectivity index (χ4n) is 1.22. The number of rotatable bonds is 1. The summed E-state index contributed by atoms with van der Waals surface area (Å²) in [5.74, 6) is 0. The normalized spacial score (nSPS) is 45.8. The molecule has 66 valence electrons. The molecule has 0 radical (unpaired) electrons. The molecular weight excluding hydrogens is 146 g/mol. The van der Waals surface area contributed by atoms with Crippen molar-refractivity contribution in [3.8, 4) is 0 Å². The fraction of sp³-hybridized carbons (Fsp3) is 1.00. The smallest absolute Gasteiger partial charge is 0.107 e. The Morgan fingerprint density at radius 2 is 2.00 bits per heavy atom. The van der Waals surface area contributed by atoms with Crippen LogP contribution >= 0.6 is 0 Å². The summed E-state index contributed by atoms with van der Waals surface area (Å²) >= 11 is 0. The van der Waals surface area contributed by atoms with Gasteiger partial charge in [-0.1, -0.05) is 0 Å². The molecule has 0 bridgehead atoms. The first-order chi connectivity index (χ1) is 5.16. The molecule has 1 aliphatic rings. The minimum Gasteiger partial charge on any atom is -0.389 e. The molecular formula is C7H15NO3. The van der Waals surface area contributed by atoms with Gasteiger partial charge >= 0.3 is 0 Å². The van der Waals surface area contributed by atoms with Crippen molar-refractivity contribution in [2.45, 2.75) is 31.3 Å². The zero-order valence-electron chi connectivity index (χ0n) is 6.82. The van der Waals surface area contributed by atoms with E-state index in [2.05, 4.69) is 5.32 Å². The van der Waals surface area contributed by atoms with Crippen LogP contribution in [-0.2, 0) is 4.74 Å². The third-order valence-electron chi connectivity index (χ3n) is 2.15. The number of nitrogens with one attached hydrogen (secondary N) is 1. The third-order valence-corrected chi connectivity index (χ3v) is 2.15. The molecule has 0 amide bonds. The molecule has 1 saturated heterocycles. The molecule has 1 heterocycles. The highest BCUT2D eigenvalue weighted by molar-refractivity contribution is 4.87. The van der Waals surface area contributed by atoms with Crippen LogP contribution < -0.4 is 5.32 Å². The van der Waals surface area contributed by atoms with Gasteiger partial charge in [0.25, 0.3) is 0 Å². The average molecular weight is 161 g/mol. The molecule has 1 fully saturated rings. The van der Waals surface area contributed by atoms with Crippen LogP contribution in [0.5, 0.6) is 0 Å². The van der Waals surface area contributed by atoms with Gasteiger partial charge in [0.2, 0.25) is 0 Å². The first-order valence-corrected chi connectivity index (χ1v) is 3.82. The molecule has 11 heavy (non-hydrogen) atoms. The van der Waals surface area contributed by atoms with Crippen LogP contribution in [0, 0.1) is 0 Å². The van der Waals surface area contributed by atoms with Crippen LogP contribution in [0.15, 0.2) is 0 Å². The molecule has 0 saturated carbocycles. The van der Waals surface area contributed by atoms with Crippen molar-refractivity contribution in [1.82, 2.24) is 5.32 Å². The number of ether oxygens (including phenoxy) is 1. The van der Waals surface area contributed by atoms with Crippen LogP contribution in [0.3, 0.4) is 0 Å². The molecule has 0 aliphatic carbocycles. The average Bonchev–Trinajstić information content (AvgIpc) is 2.01. The number of hydrogen-bond acceptors (Lipinski definition) is 4. The Morgan fingerprint density at radius 1 is 1.36 bits per heavy atom. The minimum atomic E-state index is -0.777. The summed E-state index contributed by atoms with van der Waals surface area (Å²) in [5, 5.41) is 21.6. The zero-order chi connectivity index (χ0) is 8.43. The molecule has 4 atom stereocenters. The topological polar surface area (TPSA) is 61.7 Å². The highest BCUT2D eigenvalue weighted by Gasteiger charge is 2.34. The summed E-state index contributed by atoms with van der Waals surface area (Å²) < 4.78 is 5.19. The number of hydrogen-bond donors (Lipinski definition) is 3. The molecule has 4 nitrogen and oxygen atoms in total. The largest absolute Gasteiger partial charge is 0.389 e. The van der Waals surface area contributed by atoms with Gasteiger partial charge in [-0.25, -0.2) is 0 Å². The molecule has 0 aromatic rings. The Morgan fingerprint density at radius 3 is 2.55 bits per heavy atom. The van der Waals surface area contributed by atoms with Crippen molar-refractivity contribution >= 4 is 0 Å². The highest BCUT2D eigenvalue weighted by Crippen LogP contribution is 2.14. The van der Waals surface area contributed by atoms with Gasteiger partial charge in [0.15, 0.2) is 0 Å². The molecule has 3 N–H and O–H groups in total. The molecule has 0 spiro atoms. The third kappa shape index (κ3) is 1.70. The van der Waals surface area contributed by atoms with E-state index in [0.717, 1.165) is 0 Å². The Bertz CT molecular complexity index is 129. The number of aliphatic hydroxyl groups excluding tert-OH is 2. The van der Waals surface area contributed by atoms with Crippen molar-refractivity contribution in [1.29, 1.82) is 0 Å². The highest BCUT2D eigenvalue weighted by atomic mass is 16.5. The minimum absolute atomic E-state index is 0.152. The Balaban J connectivity index is 2.52. The fourth-order valence-corrected chi connectivity index (χ4v) is 1.22. The predicted molar refractivity (Wildman–Crippen MR) is 40.3 cm³/mol. The molecule has 0 aromatic heterocycles. The van der Waals surface area contributed by atoms with Gasteiger partial charge in [-0.15, -0.1) is 0 Å². The number of aliphatic hydroxyl groups is 2. The lowest BCUT2D eigenvalue weighted by Crippen LogP contribution is -2.56. The van der Waals surface area contributed by atoms with Crippen molar-refractivity contribution in [3.05, 3.63) is 0 Å². The Labute approximate surface area is 66.2 Å². The van der Waals surface area contributed by atoms with Crippen LogP contribution in [-0.4, -0.2) is 48.2 Å². The maximum atomic E-state index is 9.42. The zero-order valence-corrected chi connectivity index (χ0v) is 6.82. The van der Waals surface area contributed by atoms with E-state index in [-0.39, 0.29) is 12.1 Å². The lowest BCUT2D eigenvalue weighted by Gasteiger charge is -2.35. The van der Waals surface area contributed by atoms with E-state index in [0.29, 0.717) is 6.61 Å². The van der Waals surface area contributed by atoms with Gasteiger partial charge in [-0.2, -0.15) is 0 Å². The molecule has 4 heteroatoms. The number of likely N-dealkylation sites (N-methyl/N-ethyl adjacent to an activating group) is 1. The summed E-state index contributed by atoms with van der Waals surface area (Å²) in [5.41, 5.74) is 0. The quantitative estimate of drug-likeness (QED) is 0.448. The SMILES string of the molecule is CN[C@@H]1CO[C@H](C)[C@H](O)[C@@H]1O. The standard InChI is InChI=1S/C7H15NO3/c1-4-6(9)7(10)5(8-2)3-11-4/h4-10H,3H2,1-2H3/t4-,5-,6+,7-/m1/s1. The van der Waals surface area contributed by atoms with Crippen molar-refractivity contribution < 1.29 is 14.9 Å². The van der Waals surface area contributed by atoms with Gasteiger partial charge in [0.1, 0.15) is 6.10 Å². The van der Waals surface area contributed by atoms with Gasteiger partial charge in [0, 0.05) is 0 Å². The molecule has 0 aromatic carbocycles. The summed E-state index contributed by atoms with van der Waals surface area (Å²) in [6.07, 6.45) is -1.76. The van der Waals surface area contributed by atoms with Crippen LogP contribution in [0.4, 0.5) is 0 Å². The Hall–Kier alpha value is -0.160. The van der Waals surface area contributed by atoms with Crippen LogP contribution in [0.25, 0.3) is 0 Å². The molecule has 1 aliphatic heterocycles. The maximum absolute atomic E-state index is 9.42. The molecule has 1 rings (SSSR count). The summed E-state index contributed by atoms with van der Waals surface area (Å²) in [6, 6.07) is -0.152. The van der Waals surface area contributed by atoms with E-state index in [1.54, 1.807) is 14.0 Å². The second-order valence-electron chi connectivity index (χ2n) is 2.91. The first-order valence-electron chi connectivity index (χ1n) is 3.82. The van der Waals surface area contributed by atoms with Crippen LogP contribution in [0.2, 0.25) is 0 Å². The van der Waals surface area contributed by atoms with Crippen molar-refractivity contribution in [3.63, 3.8) is 0 Å². The van der Waals surface area contributed by atoms with Gasteiger partial charge in [-0.3, -0.25) is 0 Å². The van der Waals surface area contributed by atoms with E-state index >= 15 is 0 Å². The van der Waals surface area contributed by atoms with Crippen LogP contribution in [0.1, 0.15) is 6.92 Å². The maximum Gasteiger partial charge on any atom is 0.107 e. The second kappa shape index (κ2) is 3.49. The molecule has 0 unspecified atom stereocenters. The van der Waals surface area contributed by atoms with E-state index in [1.807, 2.05) is 0 Å². The van der Waals surface area contributed by atoms with Crippen molar-refractivity contribution in [2.75, 3.05) is 13.7 Å². The summed E-state index contributed by atoms with van der Waals surface area (Å²) in [7, 11) is 1.74. The second-order valence-corrected chi connectivity index (χ2v) is 2.91. The lowest BCUT2D eigenvalue weighted by atomic mass is 9.99. The lowest BCUT2D eigenvalue weighted by molar-refractivity contribution is -0.142. The van der Waals surface area contributed by atoms with Gasteiger partial charge in [0.05, 0.1) is 24.9 Å². The predicted octanol–water partition coefficient (Wildman–Crippen LogP) is -1.29.